The Hall–Kier alpha value is -1.55. The fourth-order valence-corrected chi connectivity index (χ4v) is 2.95. The zero-order valence-electron chi connectivity index (χ0n) is 13.1. The number of carboxylic acid groups (broad SMARTS) is 1. The Balaban J connectivity index is 1.94. The number of aliphatic carboxylic acids is 1. The van der Waals surface area contributed by atoms with Gasteiger partial charge in [-0.3, -0.25) is 4.79 Å². The first-order chi connectivity index (χ1) is 9.95. The monoisotopic (exact) mass is 290 g/mol. The third-order valence-electron chi connectivity index (χ3n) is 3.91. The van der Waals surface area contributed by atoms with Gasteiger partial charge >= 0.3 is 5.97 Å². The predicted molar refractivity (Wildman–Crippen MR) is 85.8 cm³/mol. The van der Waals surface area contributed by atoms with Gasteiger partial charge in [0.25, 0.3) is 0 Å². The van der Waals surface area contributed by atoms with Crippen LogP contribution in [-0.2, 0) is 17.6 Å². The molecule has 0 saturated carbocycles. The van der Waals surface area contributed by atoms with Gasteiger partial charge in [-0.15, -0.1) is 0 Å². The Morgan fingerprint density at radius 2 is 2.14 bits per heavy atom. The molecule has 21 heavy (non-hydrogen) atoms. The SMILES string of the molecule is CC(C)CC(NC(C)Cc1ccc2c(c1)CCN2)C(=O)O. The van der Waals surface area contributed by atoms with Crippen LogP contribution in [0.15, 0.2) is 18.2 Å². The molecule has 2 unspecified atom stereocenters. The van der Waals surface area contributed by atoms with Crippen molar-refractivity contribution in [1.29, 1.82) is 0 Å². The average molecular weight is 290 g/mol. The molecule has 0 aromatic heterocycles. The van der Waals surface area contributed by atoms with E-state index in [4.69, 9.17) is 0 Å². The van der Waals surface area contributed by atoms with Crippen molar-refractivity contribution in [3.63, 3.8) is 0 Å². The Morgan fingerprint density at radius 1 is 1.38 bits per heavy atom. The molecule has 1 aliphatic rings. The van der Waals surface area contributed by atoms with Crippen molar-refractivity contribution in [2.45, 2.75) is 52.1 Å². The van der Waals surface area contributed by atoms with Gasteiger partial charge < -0.3 is 15.7 Å². The maximum absolute atomic E-state index is 11.3. The van der Waals surface area contributed by atoms with Gasteiger partial charge in [-0.05, 0) is 49.3 Å². The van der Waals surface area contributed by atoms with Gasteiger partial charge in [-0.2, -0.15) is 0 Å². The number of anilines is 1. The fourth-order valence-electron chi connectivity index (χ4n) is 2.95. The van der Waals surface area contributed by atoms with Gasteiger partial charge in [-0.25, -0.2) is 0 Å². The van der Waals surface area contributed by atoms with E-state index in [2.05, 4.69) is 49.6 Å². The minimum absolute atomic E-state index is 0.150. The third-order valence-corrected chi connectivity index (χ3v) is 3.91. The van der Waals surface area contributed by atoms with Crippen LogP contribution in [0.1, 0.15) is 38.3 Å². The minimum Gasteiger partial charge on any atom is -0.480 e. The molecule has 2 atom stereocenters. The summed E-state index contributed by atoms with van der Waals surface area (Å²) in [5, 5.41) is 15.9. The van der Waals surface area contributed by atoms with E-state index >= 15 is 0 Å². The zero-order valence-corrected chi connectivity index (χ0v) is 13.1. The highest BCUT2D eigenvalue weighted by Crippen LogP contribution is 2.23. The second-order valence-electron chi connectivity index (χ2n) is 6.46. The molecule has 0 aliphatic carbocycles. The van der Waals surface area contributed by atoms with E-state index < -0.39 is 12.0 Å². The Labute approximate surface area is 126 Å². The summed E-state index contributed by atoms with van der Waals surface area (Å²) in [5.74, 6) is -0.384. The molecule has 116 valence electrons. The summed E-state index contributed by atoms with van der Waals surface area (Å²) in [5.41, 5.74) is 3.88. The average Bonchev–Trinajstić information content (AvgIpc) is 2.84. The van der Waals surface area contributed by atoms with E-state index in [-0.39, 0.29) is 6.04 Å². The quantitative estimate of drug-likeness (QED) is 0.722. The molecule has 0 fully saturated rings. The lowest BCUT2D eigenvalue weighted by atomic mass is 10.00. The molecule has 3 N–H and O–H groups in total. The normalized spacial score (nSPS) is 16.4. The highest BCUT2D eigenvalue weighted by molar-refractivity contribution is 5.73. The lowest BCUT2D eigenvalue weighted by Gasteiger charge is -2.22. The van der Waals surface area contributed by atoms with E-state index in [0.717, 1.165) is 19.4 Å². The molecule has 1 aromatic rings. The molecule has 4 heteroatoms. The van der Waals surface area contributed by atoms with Gasteiger partial charge in [0.05, 0.1) is 0 Å². The second-order valence-corrected chi connectivity index (χ2v) is 6.46. The molecule has 2 rings (SSSR count). The van der Waals surface area contributed by atoms with Crippen molar-refractivity contribution >= 4 is 11.7 Å². The summed E-state index contributed by atoms with van der Waals surface area (Å²) in [6.45, 7) is 7.18. The van der Waals surface area contributed by atoms with Crippen LogP contribution in [-0.4, -0.2) is 29.7 Å². The standard InChI is InChI=1S/C17H26N2O2/c1-11(2)8-16(17(20)21)19-12(3)9-13-4-5-15-14(10-13)6-7-18-15/h4-5,10-12,16,18-19H,6-9H2,1-3H3,(H,20,21). The number of rotatable bonds is 7. The van der Waals surface area contributed by atoms with Gasteiger partial charge in [0.15, 0.2) is 0 Å². The van der Waals surface area contributed by atoms with Crippen LogP contribution in [0.2, 0.25) is 0 Å². The first kappa shape index (κ1) is 15.8. The van der Waals surface area contributed by atoms with Gasteiger partial charge in [0.2, 0.25) is 0 Å². The summed E-state index contributed by atoms with van der Waals surface area (Å²) in [6, 6.07) is 6.19. The minimum atomic E-state index is -0.756. The number of hydrogen-bond acceptors (Lipinski definition) is 3. The summed E-state index contributed by atoms with van der Waals surface area (Å²) in [7, 11) is 0. The maximum Gasteiger partial charge on any atom is 0.320 e. The molecule has 4 nitrogen and oxygen atoms in total. The first-order valence-electron chi connectivity index (χ1n) is 7.80. The summed E-state index contributed by atoms with van der Waals surface area (Å²) < 4.78 is 0. The fraction of sp³-hybridized carbons (Fsp3) is 0.588. The van der Waals surface area contributed by atoms with Gasteiger partial charge in [-0.1, -0.05) is 26.0 Å². The van der Waals surface area contributed by atoms with E-state index in [1.54, 1.807) is 0 Å². The van der Waals surface area contributed by atoms with Crippen molar-refractivity contribution in [3.8, 4) is 0 Å². The van der Waals surface area contributed by atoms with Crippen LogP contribution in [0.3, 0.4) is 0 Å². The third kappa shape index (κ3) is 4.46. The topological polar surface area (TPSA) is 61.4 Å². The molecule has 0 amide bonds. The highest BCUT2D eigenvalue weighted by Gasteiger charge is 2.21. The Bertz CT molecular complexity index is 500. The lowest BCUT2D eigenvalue weighted by molar-refractivity contribution is -0.140. The van der Waals surface area contributed by atoms with Crippen molar-refractivity contribution in [3.05, 3.63) is 29.3 Å². The number of carbonyl (C=O) groups is 1. The molecule has 0 spiro atoms. The molecular formula is C17H26N2O2. The van der Waals surface area contributed by atoms with Crippen LogP contribution >= 0.6 is 0 Å². The highest BCUT2D eigenvalue weighted by atomic mass is 16.4. The Morgan fingerprint density at radius 3 is 2.81 bits per heavy atom. The molecule has 1 aliphatic heterocycles. The van der Waals surface area contributed by atoms with Crippen LogP contribution < -0.4 is 10.6 Å². The predicted octanol–water partition coefficient (Wildman–Crippen LogP) is 2.67. The van der Waals surface area contributed by atoms with Crippen molar-refractivity contribution in [2.24, 2.45) is 5.92 Å². The van der Waals surface area contributed by atoms with E-state index in [9.17, 15) is 9.90 Å². The molecular weight excluding hydrogens is 264 g/mol. The van der Waals surface area contributed by atoms with Crippen molar-refractivity contribution in [2.75, 3.05) is 11.9 Å². The molecule has 0 radical (unpaired) electrons. The smallest absolute Gasteiger partial charge is 0.320 e. The summed E-state index contributed by atoms with van der Waals surface area (Å²) in [6.07, 6.45) is 2.60. The van der Waals surface area contributed by atoms with E-state index in [1.807, 2.05) is 0 Å². The van der Waals surface area contributed by atoms with Crippen LogP contribution in [0.4, 0.5) is 5.69 Å². The number of benzene rings is 1. The second kappa shape index (κ2) is 6.94. The number of nitrogens with one attached hydrogen (secondary N) is 2. The van der Waals surface area contributed by atoms with E-state index in [0.29, 0.717) is 12.3 Å². The van der Waals surface area contributed by atoms with E-state index in [1.165, 1.54) is 16.8 Å². The van der Waals surface area contributed by atoms with Gasteiger partial charge in [0.1, 0.15) is 6.04 Å². The number of carboxylic acids is 1. The maximum atomic E-state index is 11.3. The zero-order chi connectivity index (χ0) is 15.4. The van der Waals surface area contributed by atoms with Crippen molar-refractivity contribution < 1.29 is 9.90 Å². The summed E-state index contributed by atoms with van der Waals surface area (Å²) >= 11 is 0. The molecule has 0 saturated heterocycles. The van der Waals surface area contributed by atoms with Gasteiger partial charge in [0, 0.05) is 18.3 Å². The Kier molecular flexibility index (Phi) is 5.23. The van der Waals surface area contributed by atoms with Crippen LogP contribution in [0.5, 0.6) is 0 Å². The number of hydrogen-bond donors (Lipinski definition) is 3. The molecule has 1 aromatic carbocycles. The van der Waals surface area contributed by atoms with Crippen LogP contribution in [0, 0.1) is 5.92 Å². The largest absolute Gasteiger partial charge is 0.480 e. The molecule has 1 heterocycles. The van der Waals surface area contributed by atoms with Crippen molar-refractivity contribution in [1.82, 2.24) is 5.32 Å². The molecule has 0 bridgehead atoms. The lowest BCUT2D eigenvalue weighted by Crippen LogP contribution is -2.43. The van der Waals surface area contributed by atoms with Crippen LogP contribution in [0.25, 0.3) is 0 Å². The summed E-state index contributed by atoms with van der Waals surface area (Å²) in [4.78, 5) is 11.3. The first-order valence-corrected chi connectivity index (χ1v) is 7.80. The number of fused-ring (bicyclic) bond motifs is 1.